The van der Waals surface area contributed by atoms with Crippen molar-refractivity contribution in [2.75, 3.05) is 12.8 Å². The number of hydrogen-bond acceptors (Lipinski definition) is 4. The van der Waals surface area contributed by atoms with Crippen LogP contribution in [0.5, 0.6) is 0 Å². The quantitative estimate of drug-likeness (QED) is 0.822. The van der Waals surface area contributed by atoms with Gasteiger partial charge < -0.3 is 10.6 Å². The van der Waals surface area contributed by atoms with Gasteiger partial charge in [-0.2, -0.15) is 0 Å². The van der Waals surface area contributed by atoms with Crippen LogP contribution < -0.4 is 10.6 Å². The minimum absolute atomic E-state index is 0.0855. The van der Waals surface area contributed by atoms with Crippen molar-refractivity contribution < 1.29 is 17.6 Å². The summed E-state index contributed by atoms with van der Waals surface area (Å²) in [6, 6.07) is 2.43. The normalized spacial score (nSPS) is 22.4. The topological polar surface area (TPSA) is 75.3 Å². The van der Waals surface area contributed by atoms with E-state index in [2.05, 4.69) is 26.6 Å². The summed E-state index contributed by atoms with van der Waals surface area (Å²) in [5, 5.41) is 6.01. The first kappa shape index (κ1) is 17.4. The number of rotatable bonds is 3. The summed E-state index contributed by atoms with van der Waals surface area (Å²) < 4.78 is 38.0. The van der Waals surface area contributed by atoms with Crippen molar-refractivity contribution in [3.63, 3.8) is 0 Å². The number of halogens is 2. The van der Waals surface area contributed by atoms with E-state index in [0.717, 1.165) is 31.7 Å². The molecule has 1 heterocycles. The van der Waals surface area contributed by atoms with Crippen molar-refractivity contribution in [1.82, 2.24) is 10.6 Å². The number of benzene rings is 1. The zero-order valence-electron chi connectivity index (χ0n) is 12.3. The maximum Gasteiger partial charge on any atom is 0.254 e. The van der Waals surface area contributed by atoms with Crippen LogP contribution in [0.4, 0.5) is 4.39 Å². The lowest BCUT2D eigenvalue weighted by atomic mass is 9.99. The molecule has 0 aromatic heterocycles. The van der Waals surface area contributed by atoms with Crippen LogP contribution in [0.1, 0.15) is 30.1 Å². The fourth-order valence-corrected chi connectivity index (χ4v) is 3.87. The summed E-state index contributed by atoms with van der Waals surface area (Å²) in [6.45, 7) is 2.83. The minimum atomic E-state index is -3.75. The van der Waals surface area contributed by atoms with Crippen LogP contribution >= 0.6 is 15.9 Å². The lowest BCUT2D eigenvalue weighted by Crippen LogP contribution is -2.52. The molecule has 1 amide bonds. The SMILES string of the molecule is CC1NCCCC1NC(=O)c1cc(Br)cc(S(C)(=O)=O)c1F. The molecule has 0 bridgehead atoms. The Kier molecular flexibility index (Phi) is 5.24. The molecule has 122 valence electrons. The molecular weight excluding hydrogens is 375 g/mol. The lowest BCUT2D eigenvalue weighted by Gasteiger charge is -2.30. The van der Waals surface area contributed by atoms with E-state index in [4.69, 9.17) is 0 Å². The Bertz CT molecular complexity index is 694. The molecule has 1 fully saturated rings. The van der Waals surface area contributed by atoms with Crippen molar-refractivity contribution in [2.45, 2.75) is 36.7 Å². The zero-order valence-corrected chi connectivity index (χ0v) is 14.7. The average Bonchev–Trinajstić information content (AvgIpc) is 2.42. The van der Waals surface area contributed by atoms with Gasteiger partial charge in [0.25, 0.3) is 5.91 Å². The van der Waals surface area contributed by atoms with Crippen LogP contribution in [-0.4, -0.2) is 39.2 Å². The highest BCUT2D eigenvalue weighted by molar-refractivity contribution is 9.10. The average molecular weight is 393 g/mol. The molecule has 2 atom stereocenters. The molecule has 2 rings (SSSR count). The highest BCUT2D eigenvalue weighted by Gasteiger charge is 2.26. The Hall–Kier alpha value is -0.990. The van der Waals surface area contributed by atoms with Crippen LogP contribution in [0.3, 0.4) is 0 Å². The Labute approximate surface area is 137 Å². The largest absolute Gasteiger partial charge is 0.348 e. The van der Waals surface area contributed by atoms with Crippen molar-refractivity contribution >= 4 is 31.7 Å². The number of sulfone groups is 1. The molecule has 1 aliphatic heterocycles. The van der Waals surface area contributed by atoms with E-state index < -0.39 is 26.5 Å². The van der Waals surface area contributed by atoms with Gasteiger partial charge in [-0.3, -0.25) is 4.79 Å². The first-order chi connectivity index (χ1) is 10.2. The maximum absolute atomic E-state index is 14.4. The summed E-state index contributed by atoms with van der Waals surface area (Å²) in [4.78, 5) is 11.8. The number of amides is 1. The molecule has 22 heavy (non-hydrogen) atoms. The zero-order chi connectivity index (χ0) is 16.5. The molecule has 1 aromatic carbocycles. The number of nitrogens with one attached hydrogen (secondary N) is 2. The van der Waals surface area contributed by atoms with Gasteiger partial charge in [0.1, 0.15) is 4.90 Å². The molecule has 8 heteroatoms. The van der Waals surface area contributed by atoms with Crippen LogP contribution in [0, 0.1) is 5.82 Å². The standard InChI is InChI=1S/C14H18BrFN2O3S/c1-8-11(4-3-5-17-8)18-14(19)10-6-9(15)7-12(13(10)16)22(2,20)21/h6-8,11,17H,3-5H2,1-2H3,(H,18,19). The van der Waals surface area contributed by atoms with E-state index in [1.807, 2.05) is 6.92 Å². The van der Waals surface area contributed by atoms with Crippen LogP contribution in [-0.2, 0) is 9.84 Å². The lowest BCUT2D eigenvalue weighted by molar-refractivity contribution is 0.0915. The predicted molar refractivity (Wildman–Crippen MR) is 85.2 cm³/mol. The second-order valence-corrected chi connectivity index (χ2v) is 8.40. The number of piperidine rings is 1. The van der Waals surface area contributed by atoms with Crippen LogP contribution in [0.15, 0.2) is 21.5 Å². The van der Waals surface area contributed by atoms with E-state index in [1.165, 1.54) is 6.07 Å². The second-order valence-electron chi connectivity index (χ2n) is 5.50. The Morgan fingerprint density at radius 1 is 1.45 bits per heavy atom. The first-order valence-electron chi connectivity index (χ1n) is 6.93. The summed E-state index contributed by atoms with van der Waals surface area (Å²) in [6.07, 6.45) is 2.63. The van der Waals surface area contributed by atoms with Gasteiger partial charge in [0.05, 0.1) is 5.56 Å². The van der Waals surface area contributed by atoms with Crippen molar-refractivity contribution in [3.8, 4) is 0 Å². The van der Waals surface area contributed by atoms with Crippen molar-refractivity contribution in [1.29, 1.82) is 0 Å². The summed E-state index contributed by atoms with van der Waals surface area (Å²) >= 11 is 3.12. The fourth-order valence-electron chi connectivity index (χ4n) is 2.49. The second kappa shape index (κ2) is 6.64. The third-order valence-corrected chi connectivity index (χ3v) is 5.28. The molecule has 2 unspecified atom stereocenters. The van der Waals surface area contributed by atoms with E-state index in [0.29, 0.717) is 4.47 Å². The molecule has 0 aliphatic carbocycles. The minimum Gasteiger partial charge on any atom is -0.348 e. The Morgan fingerprint density at radius 3 is 2.73 bits per heavy atom. The first-order valence-corrected chi connectivity index (χ1v) is 9.62. The van der Waals surface area contributed by atoms with Gasteiger partial charge in [0, 0.05) is 22.8 Å². The number of hydrogen-bond donors (Lipinski definition) is 2. The molecule has 5 nitrogen and oxygen atoms in total. The van der Waals surface area contributed by atoms with Gasteiger partial charge in [-0.25, -0.2) is 12.8 Å². The van der Waals surface area contributed by atoms with Gasteiger partial charge in [0.2, 0.25) is 0 Å². The monoisotopic (exact) mass is 392 g/mol. The van der Waals surface area contributed by atoms with Crippen molar-refractivity contribution in [2.24, 2.45) is 0 Å². The van der Waals surface area contributed by atoms with E-state index in [-0.39, 0.29) is 17.6 Å². The third-order valence-electron chi connectivity index (χ3n) is 3.73. The Balaban J connectivity index is 2.32. The molecule has 1 aromatic rings. The summed E-state index contributed by atoms with van der Waals surface area (Å²) in [7, 11) is -3.75. The van der Waals surface area contributed by atoms with Gasteiger partial charge >= 0.3 is 0 Å². The van der Waals surface area contributed by atoms with Gasteiger partial charge in [-0.1, -0.05) is 15.9 Å². The third kappa shape index (κ3) is 3.85. The molecule has 1 saturated heterocycles. The Morgan fingerprint density at radius 2 is 2.14 bits per heavy atom. The highest BCUT2D eigenvalue weighted by Crippen LogP contribution is 2.24. The summed E-state index contributed by atoms with van der Waals surface area (Å²) in [5.41, 5.74) is -0.271. The molecule has 0 spiro atoms. The molecule has 0 saturated carbocycles. The number of carbonyl (C=O) groups is 1. The predicted octanol–water partition coefficient (Wildman–Crippen LogP) is 1.86. The highest BCUT2D eigenvalue weighted by atomic mass is 79.9. The molecule has 1 aliphatic rings. The molecule has 0 radical (unpaired) electrons. The number of carbonyl (C=O) groups excluding carboxylic acids is 1. The molecule has 2 N–H and O–H groups in total. The van der Waals surface area contributed by atoms with Gasteiger partial charge in [-0.05, 0) is 38.4 Å². The fraction of sp³-hybridized carbons (Fsp3) is 0.500. The summed E-state index contributed by atoms with van der Waals surface area (Å²) in [5.74, 6) is -1.62. The van der Waals surface area contributed by atoms with Crippen LogP contribution in [0.2, 0.25) is 0 Å². The van der Waals surface area contributed by atoms with Crippen LogP contribution in [0.25, 0.3) is 0 Å². The van der Waals surface area contributed by atoms with Crippen molar-refractivity contribution in [3.05, 3.63) is 28.0 Å². The van der Waals surface area contributed by atoms with E-state index in [1.54, 1.807) is 0 Å². The van der Waals surface area contributed by atoms with Gasteiger partial charge in [0.15, 0.2) is 15.7 Å². The van der Waals surface area contributed by atoms with E-state index in [9.17, 15) is 17.6 Å². The smallest absolute Gasteiger partial charge is 0.254 e. The van der Waals surface area contributed by atoms with Gasteiger partial charge in [-0.15, -0.1) is 0 Å². The molecular formula is C14H18BrFN2O3S. The van der Waals surface area contributed by atoms with E-state index >= 15 is 0 Å². The maximum atomic E-state index is 14.4.